The van der Waals surface area contributed by atoms with Gasteiger partial charge >= 0.3 is 0 Å². The number of halogens is 2. The molecule has 1 rings (SSSR count). The highest BCUT2D eigenvalue weighted by molar-refractivity contribution is 9.09. The Bertz CT molecular complexity index is 452. The van der Waals surface area contributed by atoms with Crippen LogP contribution in [0.3, 0.4) is 0 Å². The second-order valence-corrected chi connectivity index (χ2v) is 4.95. The fraction of sp³-hybridized carbons (Fsp3) is 0.333. The molecule has 0 radical (unpaired) electrons. The molecule has 0 saturated carbocycles. The predicted molar refractivity (Wildman–Crippen MR) is 76.2 cm³/mol. The van der Waals surface area contributed by atoms with E-state index in [1.54, 1.807) is 6.07 Å². The highest BCUT2D eigenvalue weighted by Crippen LogP contribution is 2.20. The summed E-state index contributed by atoms with van der Waals surface area (Å²) in [4.78, 5) is 22.7. The van der Waals surface area contributed by atoms with Crippen molar-refractivity contribution < 1.29 is 9.59 Å². The number of hydrogen-bond donors (Lipinski definition) is 2. The summed E-state index contributed by atoms with van der Waals surface area (Å²) in [5.74, 6) is -0.705. The lowest BCUT2D eigenvalue weighted by Gasteiger charge is -2.07. The minimum atomic E-state index is -0.615. The first-order valence-electron chi connectivity index (χ1n) is 5.49. The minimum Gasteiger partial charge on any atom is -0.366 e. The van der Waals surface area contributed by atoms with Gasteiger partial charge in [0.2, 0.25) is 11.8 Å². The smallest absolute Gasteiger partial charge is 0.250 e. The van der Waals surface area contributed by atoms with Crippen LogP contribution in [0.4, 0.5) is 5.69 Å². The van der Waals surface area contributed by atoms with Crippen molar-refractivity contribution in [3.05, 3.63) is 28.8 Å². The average Bonchev–Trinajstić information content (AvgIpc) is 2.31. The van der Waals surface area contributed by atoms with Crippen molar-refractivity contribution in [2.24, 2.45) is 5.73 Å². The molecule has 0 fully saturated rings. The fourth-order valence-electron chi connectivity index (χ4n) is 1.40. The Morgan fingerprint density at radius 1 is 1.33 bits per heavy atom. The fourth-order valence-corrected chi connectivity index (χ4v) is 2.00. The van der Waals surface area contributed by atoms with Gasteiger partial charge < -0.3 is 11.1 Å². The molecular formula is C12H14BrClN2O2. The third-order valence-corrected chi connectivity index (χ3v) is 3.19. The summed E-state index contributed by atoms with van der Waals surface area (Å²) >= 11 is 9.11. The summed E-state index contributed by atoms with van der Waals surface area (Å²) in [5, 5.41) is 3.86. The van der Waals surface area contributed by atoms with Gasteiger partial charge in [0.15, 0.2) is 0 Å². The Morgan fingerprint density at radius 3 is 2.67 bits per heavy atom. The molecule has 2 amide bonds. The Kier molecular flexibility index (Phi) is 6.15. The van der Waals surface area contributed by atoms with Crippen molar-refractivity contribution in [2.75, 3.05) is 10.6 Å². The molecule has 0 aliphatic carbocycles. The van der Waals surface area contributed by atoms with Gasteiger partial charge in [-0.3, -0.25) is 9.59 Å². The largest absolute Gasteiger partial charge is 0.366 e. The quantitative estimate of drug-likeness (QED) is 0.620. The summed E-state index contributed by atoms with van der Waals surface area (Å²) in [5.41, 5.74) is 5.90. The van der Waals surface area contributed by atoms with Crippen molar-refractivity contribution in [3.63, 3.8) is 0 Å². The number of anilines is 1. The van der Waals surface area contributed by atoms with Crippen LogP contribution in [0, 0.1) is 0 Å². The topological polar surface area (TPSA) is 72.2 Å². The summed E-state index contributed by atoms with van der Waals surface area (Å²) in [6.45, 7) is 0. The molecule has 4 nitrogen and oxygen atoms in total. The van der Waals surface area contributed by atoms with Gasteiger partial charge in [0.05, 0.1) is 10.6 Å². The number of unbranched alkanes of at least 4 members (excludes halogenated alkanes) is 1. The first-order chi connectivity index (χ1) is 8.54. The van der Waals surface area contributed by atoms with Gasteiger partial charge in [-0.2, -0.15) is 0 Å². The molecule has 0 aliphatic heterocycles. The van der Waals surface area contributed by atoms with Crippen LogP contribution < -0.4 is 11.1 Å². The molecule has 18 heavy (non-hydrogen) atoms. The van der Waals surface area contributed by atoms with E-state index in [1.807, 2.05) is 0 Å². The minimum absolute atomic E-state index is 0.0892. The van der Waals surface area contributed by atoms with E-state index in [2.05, 4.69) is 21.2 Å². The molecule has 0 aromatic heterocycles. The van der Waals surface area contributed by atoms with E-state index >= 15 is 0 Å². The summed E-state index contributed by atoms with van der Waals surface area (Å²) < 4.78 is 0. The van der Waals surface area contributed by atoms with E-state index in [4.69, 9.17) is 17.3 Å². The van der Waals surface area contributed by atoms with E-state index in [1.165, 1.54) is 12.1 Å². The number of amides is 2. The maximum atomic E-state index is 11.6. The van der Waals surface area contributed by atoms with Gasteiger partial charge in [-0.1, -0.05) is 27.5 Å². The molecule has 1 aromatic carbocycles. The number of alkyl halides is 1. The number of nitrogens with one attached hydrogen (secondary N) is 1. The van der Waals surface area contributed by atoms with Crippen molar-refractivity contribution >= 4 is 45.0 Å². The Labute approximate surface area is 119 Å². The van der Waals surface area contributed by atoms with E-state index < -0.39 is 5.91 Å². The Balaban J connectivity index is 2.65. The number of hydrogen-bond acceptors (Lipinski definition) is 2. The Hall–Kier alpha value is -1.07. The number of rotatable bonds is 6. The van der Waals surface area contributed by atoms with Crippen LogP contribution >= 0.6 is 27.5 Å². The highest BCUT2D eigenvalue weighted by atomic mass is 79.9. The zero-order chi connectivity index (χ0) is 13.5. The van der Waals surface area contributed by atoms with Crippen LogP contribution in [0.1, 0.15) is 29.6 Å². The lowest BCUT2D eigenvalue weighted by atomic mass is 10.2. The molecule has 0 saturated heterocycles. The number of carbonyl (C=O) groups is 2. The predicted octanol–water partition coefficient (Wildman–Crippen LogP) is 2.94. The number of primary amides is 1. The zero-order valence-corrected chi connectivity index (χ0v) is 12.1. The SMILES string of the molecule is NC(=O)c1cc(NC(=O)CCCCBr)ccc1Cl. The van der Waals surface area contributed by atoms with Gasteiger partial charge in [0.1, 0.15) is 0 Å². The van der Waals surface area contributed by atoms with Crippen molar-refractivity contribution in [3.8, 4) is 0 Å². The molecule has 0 spiro atoms. The van der Waals surface area contributed by atoms with Crippen LogP contribution in [0.25, 0.3) is 0 Å². The van der Waals surface area contributed by atoms with Crippen LogP contribution in [-0.2, 0) is 4.79 Å². The van der Waals surface area contributed by atoms with Crippen molar-refractivity contribution in [1.82, 2.24) is 0 Å². The molecule has 6 heteroatoms. The molecule has 0 unspecified atom stereocenters. The normalized spacial score (nSPS) is 10.1. The maximum Gasteiger partial charge on any atom is 0.250 e. The third-order valence-electron chi connectivity index (χ3n) is 2.30. The second-order valence-electron chi connectivity index (χ2n) is 3.75. The lowest BCUT2D eigenvalue weighted by Crippen LogP contribution is -2.14. The van der Waals surface area contributed by atoms with Gasteiger partial charge in [-0.25, -0.2) is 0 Å². The van der Waals surface area contributed by atoms with E-state index in [0.29, 0.717) is 12.1 Å². The van der Waals surface area contributed by atoms with Gasteiger partial charge in [-0.05, 0) is 31.0 Å². The Morgan fingerprint density at radius 2 is 2.06 bits per heavy atom. The van der Waals surface area contributed by atoms with E-state index in [-0.39, 0.29) is 16.5 Å². The average molecular weight is 334 g/mol. The molecule has 0 aliphatic rings. The standard InChI is InChI=1S/C12H14BrClN2O2/c13-6-2-1-3-11(17)16-8-4-5-10(14)9(7-8)12(15)18/h4-5,7H,1-3,6H2,(H2,15,18)(H,16,17). The number of nitrogens with two attached hydrogens (primary N) is 1. The van der Waals surface area contributed by atoms with Crippen LogP contribution in [0.15, 0.2) is 18.2 Å². The highest BCUT2D eigenvalue weighted by Gasteiger charge is 2.09. The third kappa shape index (κ3) is 4.66. The van der Waals surface area contributed by atoms with Gasteiger partial charge in [0.25, 0.3) is 0 Å². The number of benzene rings is 1. The summed E-state index contributed by atoms with van der Waals surface area (Å²) in [6.07, 6.45) is 2.20. The summed E-state index contributed by atoms with van der Waals surface area (Å²) in [7, 11) is 0. The number of carbonyl (C=O) groups excluding carboxylic acids is 2. The van der Waals surface area contributed by atoms with Crippen molar-refractivity contribution in [2.45, 2.75) is 19.3 Å². The molecule has 0 bridgehead atoms. The molecule has 0 heterocycles. The lowest BCUT2D eigenvalue weighted by molar-refractivity contribution is -0.116. The molecule has 0 atom stereocenters. The van der Waals surface area contributed by atoms with E-state index in [9.17, 15) is 9.59 Å². The van der Waals surface area contributed by atoms with Gasteiger partial charge in [-0.15, -0.1) is 0 Å². The van der Waals surface area contributed by atoms with Crippen molar-refractivity contribution in [1.29, 1.82) is 0 Å². The van der Waals surface area contributed by atoms with Crippen LogP contribution in [0.2, 0.25) is 5.02 Å². The molecule has 3 N–H and O–H groups in total. The molecular weight excluding hydrogens is 320 g/mol. The molecule has 1 aromatic rings. The zero-order valence-electron chi connectivity index (χ0n) is 9.71. The first kappa shape index (κ1) is 15.0. The van der Waals surface area contributed by atoms with Gasteiger partial charge in [0, 0.05) is 17.4 Å². The second kappa shape index (κ2) is 7.38. The maximum absolute atomic E-state index is 11.6. The first-order valence-corrected chi connectivity index (χ1v) is 6.99. The molecule has 98 valence electrons. The van der Waals surface area contributed by atoms with Crippen LogP contribution in [0.5, 0.6) is 0 Å². The van der Waals surface area contributed by atoms with E-state index in [0.717, 1.165) is 18.2 Å². The summed E-state index contributed by atoms with van der Waals surface area (Å²) in [6, 6.07) is 4.65. The monoisotopic (exact) mass is 332 g/mol. The van der Waals surface area contributed by atoms with Crippen LogP contribution in [-0.4, -0.2) is 17.1 Å².